The number of ether oxygens (including phenoxy) is 4. The molecule has 4 saturated heterocycles. The van der Waals surface area contributed by atoms with Crippen molar-refractivity contribution in [3.63, 3.8) is 0 Å². The van der Waals surface area contributed by atoms with Gasteiger partial charge in [0.05, 0.1) is 14.2 Å². The number of H-pyrrole nitrogens is 1. The van der Waals surface area contributed by atoms with E-state index in [0.717, 1.165) is 42.9 Å². The van der Waals surface area contributed by atoms with Gasteiger partial charge in [-0.1, -0.05) is 59.6 Å². The van der Waals surface area contributed by atoms with E-state index in [4.69, 9.17) is 42.1 Å². The summed E-state index contributed by atoms with van der Waals surface area (Å²) in [5.41, 5.74) is 1.63. The summed E-state index contributed by atoms with van der Waals surface area (Å²) in [6.07, 6.45) is 4.95. The second kappa shape index (κ2) is 15.9. The van der Waals surface area contributed by atoms with Gasteiger partial charge in [-0.25, -0.2) is 9.78 Å². The predicted octanol–water partition coefficient (Wildman–Crippen LogP) is 6.24. The summed E-state index contributed by atoms with van der Waals surface area (Å²) in [6.45, 7) is 4.72. The number of esters is 2. The highest BCUT2D eigenvalue weighted by atomic mass is 35.5. The number of likely N-dealkylation sites (tertiary alicyclic amines) is 1. The van der Waals surface area contributed by atoms with Crippen LogP contribution >= 0.6 is 34.5 Å². The molecule has 0 radical (unpaired) electrons. The third-order valence-electron chi connectivity index (χ3n) is 10.2. The van der Waals surface area contributed by atoms with Gasteiger partial charge >= 0.3 is 11.9 Å². The number of carbonyl (C=O) groups is 2. The summed E-state index contributed by atoms with van der Waals surface area (Å²) in [7, 11) is 3.12. The number of halogens is 2. The number of carbonyl (C=O) groups excluding carboxylic acids is 2. The lowest BCUT2D eigenvalue weighted by molar-refractivity contribution is -0.377. The van der Waals surface area contributed by atoms with Gasteiger partial charge in [-0.3, -0.25) is 14.6 Å². The van der Waals surface area contributed by atoms with E-state index in [-0.39, 0.29) is 24.0 Å². The number of thiophene rings is 1. The van der Waals surface area contributed by atoms with E-state index >= 15 is 0 Å². The monoisotopic (exact) mass is 753 g/mol. The molecular weight excluding hydrogens is 713 g/mol. The number of aromatic amines is 1. The van der Waals surface area contributed by atoms with E-state index in [1.54, 1.807) is 44.8 Å². The number of piperidine rings is 3. The average molecular weight is 755 g/mol. The molecule has 0 unspecified atom stereocenters. The van der Waals surface area contributed by atoms with Gasteiger partial charge < -0.3 is 24.4 Å². The van der Waals surface area contributed by atoms with E-state index in [9.17, 15) is 9.59 Å². The van der Waals surface area contributed by atoms with Crippen LogP contribution in [0.25, 0.3) is 0 Å². The molecule has 2 N–H and O–H groups in total. The van der Waals surface area contributed by atoms with Gasteiger partial charge in [0.1, 0.15) is 32.5 Å². The normalized spacial score (nSPS) is 21.1. The number of aromatic nitrogens is 1. The van der Waals surface area contributed by atoms with E-state index in [1.807, 2.05) is 42.5 Å². The van der Waals surface area contributed by atoms with Crippen molar-refractivity contribution in [1.82, 2.24) is 9.80 Å². The minimum absolute atomic E-state index is 0. The van der Waals surface area contributed by atoms with Crippen LogP contribution in [0.3, 0.4) is 0 Å². The standard InChI is InChI=1S/C38H39Cl2N3O6S.H2O/c1-46-31-10-8-25(16-33(31)47-2)32(17-28-29(39)18-41-19-30(28)40)48-36(44)35-11-9-27(50-35)20-43-22-38(23-43,26-6-4-3-5-7-26)37(45)49-34-21-42-14-12-24(34)13-15-42;/h3-11,16,18-19,24,32,34H,12-15,17,20-23H2,1-2H3;1H2/t32-,34-;/m0./s1. The zero-order valence-electron chi connectivity index (χ0n) is 28.5. The number of pyridine rings is 1. The molecule has 270 valence electrons. The summed E-state index contributed by atoms with van der Waals surface area (Å²) >= 11 is 14.4. The molecule has 0 aliphatic carbocycles. The molecule has 8 rings (SSSR count). The highest BCUT2D eigenvalue weighted by Crippen LogP contribution is 2.40. The molecule has 4 aliphatic heterocycles. The quantitative estimate of drug-likeness (QED) is 0.155. The van der Waals surface area contributed by atoms with E-state index in [0.29, 0.717) is 63.1 Å². The van der Waals surface area contributed by atoms with Crippen molar-refractivity contribution in [2.24, 2.45) is 5.92 Å². The first-order chi connectivity index (χ1) is 24.3. The summed E-state index contributed by atoms with van der Waals surface area (Å²) in [6, 6.07) is 19.1. The Hall–Kier alpha value is -3.71. The fourth-order valence-electron chi connectivity index (χ4n) is 7.43. The Balaban J connectivity index is 0.00000448. The molecule has 4 aromatic rings. The Morgan fingerprint density at radius 2 is 1.67 bits per heavy atom. The number of hydrogen-bond acceptors (Lipinski definition) is 10. The first kappa shape index (κ1) is 37.1. The Kier molecular flexibility index (Phi) is 11.5. The van der Waals surface area contributed by atoms with Crippen LogP contribution in [0, 0.1) is 5.92 Å². The van der Waals surface area contributed by atoms with Crippen LogP contribution in [0.5, 0.6) is 11.5 Å². The number of hydrogen-bond donors (Lipinski definition) is 0. The molecule has 2 aromatic carbocycles. The molecule has 10 nitrogen and oxygen atoms in total. The molecule has 13 heteroatoms. The lowest BCUT2D eigenvalue weighted by Gasteiger charge is -2.50. The molecule has 2 atom stereocenters. The van der Waals surface area contributed by atoms with Crippen LogP contribution in [0.2, 0.25) is 10.0 Å². The summed E-state index contributed by atoms with van der Waals surface area (Å²) in [4.78, 5) is 36.6. The van der Waals surface area contributed by atoms with Gasteiger partial charge in [0.25, 0.3) is 0 Å². The summed E-state index contributed by atoms with van der Waals surface area (Å²) < 4.78 is 23.4. The van der Waals surface area contributed by atoms with Gasteiger partial charge in [-0.2, -0.15) is 0 Å². The van der Waals surface area contributed by atoms with Crippen LogP contribution in [0.1, 0.15) is 50.2 Å². The molecule has 2 bridgehead atoms. The van der Waals surface area contributed by atoms with Crippen molar-refractivity contribution in [3.8, 4) is 11.5 Å². The van der Waals surface area contributed by atoms with Crippen molar-refractivity contribution < 1.29 is 39.0 Å². The molecule has 2 aromatic heterocycles. The number of fused-ring (bicyclic) bond motifs is 3. The van der Waals surface area contributed by atoms with Gasteiger partial charge in [-0.15, -0.1) is 11.3 Å². The highest BCUT2D eigenvalue weighted by Gasteiger charge is 2.53. The largest absolute Gasteiger partial charge is 0.870 e. The first-order valence-corrected chi connectivity index (χ1v) is 18.4. The smallest absolute Gasteiger partial charge is 0.348 e. The lowest BCUT2D eigenvalue weighted by Crippen LogP contribution is -2.64. The molecule has 0 amide bonds. The van der Waals surface area contributed by atoms with Crippen molar-refractivity contribution in [2.45, 2.75) is 43.4 Å². The minimum Gasteiger partial charge on any atom is -0.870 e. The van der Waals surface area contributed by atoms with Crippen LogP contribution in [0.15, 0.2) is 73.1 Å². The topological polar surface area (TPSA) is 122 Å². The third kappa shape index (κ3) is 7.74. The number of rotatable bonds is 12. The maximum absolute atomic E-state index is 13.9. The Morgan fingerprint density at radius 3 is 2.31 bits per heavy atom. The second-order valence-corrected chi connectivity index (χ2v) is 15.3. The zero-order chi connectivity index (χ0) is 34.8. The molecule has 4 fully saturated rings. The van der Waals surface area contributed by atoms with Crippen molar-refractivity contribution in [1.29, 1.82) is 0 Å². The fourth-order valence-corrected chi connectivity index (χ4v) is 8.89. The maximum Gasteiger partial charge on any atom is 0.348 e. The Bertz CT molecular complexity index is 1820. The van der Waals surface area contributed by atoms with Gasteiger partial charge in [-0.05, 0) is 67.2 Å². The van der Waals surface area contributed by atoms with Crippen LogP contribution < -0.4 is 14.5 Å². The van der Waals surface area contributed by atoms with Crippen molar-refractivity contribution in [3.05, 3.63) is 110 Å². The molecule has 51 heavy (non-hydrogen) atoms. The van der Waals surface area contributed by atoms with Crippen molar-refractivity contribution >= 4 is 46.5 Å². The zero-order valence-corrected chi connectivity index (χ0v) is 30.8. The Morgan fingerprint density at radius 1 is 0.961 bits per heavy atom. The molecule has 0 spiro atoms. The lowest BCUT2D eigenvalue weighted by atomic mass is 9.73. The molecule has 6 heterocycles. The maximum atomic E-state index is 13.9. The first-order valence-electron chi connectivity index (χ1n) is 16.8. The van der Waals surface area contributed by atoms with Crippen LogP contribution in [-0.4, -0.2) is 80.3 Å². The number of nitrogens with zero attached hydrogens (tertiary/aromatic N) is 2. The van der Waals surface area contributed by atoms with Gasteiger partial charge in [0, 0.05) is 43.0 Å². The third-order valence-corrected chi connectivity index (χ3v) is 11.9. The Labute approximate surface area is 311 Å². The van der Waals surface area contributed by atoms with E-state index in [1.165, 1.54) is 11.3 Å². The van der Waals surface area contributed by atoms with E-state index < -0.39 is 17.5 Å². The summed E-state index contributed by atoms with van der Waals surface area (Å²) in [5.74, 6) is 0.927. The van der Waals surface area contributed by atoms with E-state index in [2.05, 4.69) is 14.8 Å². The number of benzene rings is 2. The fraction of sp³-hybridized carbons (Fsp3) is 0.395. The SMILES string of the molecule is COc1ccc([C@H](Cc2c(Cl)c[nH+]cc2Cl)OC(=O)c2ccc(CN3CC(C(=O)O[C@H]4CN5CCC4CC5)(c4ccccc4)C3)s2)cc1OC.[OH-]. The van der Waals surface area contributed by atoms with Gasteiger partial charge in [0.2, 0.25) is 0 Å². The predicted molar refractivity (Wildman–Crippen MR) is 193 cm³/mol. The molecular formula is C38H41Cl2N3O7S. The number of nitrogens with one attached hydrogen (secondary N) is 1. The minimum atomic E-state index is -0.714. The van der Waals surface area contributed by atoms with Crippen molar-refractivity contribution in [2.75, 3.05) is 46.9 Å². The molecule has 4 aliphatic rings. The van der Waals surface area contributed by atoms with Gasteiger partial charge in [0.15, 0.2) is 23.9 Å². The summed E-state index contributed by atoms with van der Waals surface area (Å²) in [5, 5.41) is 0.873. The highest BCUT2D eigenvalue weighted by molar-refractivity contribution is 7.13. The van der Waals surface area contributed by atoms with Crippen LogP contribution in [0.4, 0.5) is 0 Å². The van der Waals surface area contributed by atoms with Crippen LogP contribution in [-0.2, 0) is 32.6 Å². The second-order valence-electron chi connectivity index (χ2n) is 13.3. The average Bonchev–Trinajstić information content (AvgIpc) is 3.60. The number of methoxy groups -OCH3 is 2. The molecule has 0 saturated carbocycles.